The van der Waals surface area contributed by atoms with E-state index in [-0.39, 0.29) is 17.1 Å². The van der Waals surface area contributed by atoms with Crippen molar-refractivity contribution in [3.05, 3.63) is 46.7 Å². The number of amides is 1. The van der Waals surface area contributed by atoms with Crippen LogP contribution in [0.2, 0.25) is 0 Å². The topological polar surface area (TPSA) is 57.6 Å². The van der Waals surface area contributed by atoms with E-state index >= 15 is 0 Å². The molecule has 0 radical (unpaired) electrons. The fraction of sp³-hybridized carbons (Fsp3) is 0.545. The summed E-state index contributed by atoms with van der Waals surface area (Å²) in [6.45, 7) is 12.3. The summed E-state index contributed by atoms with van der Waals surface area (Å²) >= 11 is 0. The summed E-state index contributed by atoms with van der Waals surface area (Å²) in [5.74, 6) is -0.603. The molecule has 0 bridgehead atoms. The Hall–Kier alpha value is -2.10. The number of carbonyl (C=O) groups excluding carboxylic acids is 2. The second-order valence-electron chi connectivity index (χ2n) is 8.42. The van der Waals surface area contributed by atoms with E-state index in [2.05, 4.69) is 20.8 Å². The van der Waals surface area contributed by atoms with Crippen LogP contribution in [0.25, 0.3) is 0 Å². The Morgan fingerprint density at radius 2 is 1.77 bits per heavy atom. The number of benzene rings is 1. The zero-order valence-corrected chi connectivity index (χ0v) is 16.8. The van der Waals surface area contributed by atoms with Gasteiger partial charge in [-0.15, -0.1) is 0 Å². The summed E-state index contributed by atoms with van der Waals surface area (Å²) in [6.07, 6.45) is 1.77. The minimum atomic E-state index is -0.666. The average Bonchev–Trinajstić information content (AvgIpc) is 2.82. The highest BCUT2D eigenvalue weighted by molar-refractivity contribution is 6.10. The Kier molecular flexibility index (Phi) is 5.94. The molecule has 4 nitrogen and oxygen atoms in total. The number of aliphatic hydroxyl groups excluding tert-OH is 1. The van der Waals surface area contributed by atoms with Crippen molar-refractivity contribution in [1.29, 1.82) is 0 Å². The Balaban J connectivity index is 2.52. The lowest BCUT2D eigenvalue weighted by Crippen LogP contribution is -2.33. The van der Waals surface area contributed by atoms with Gasteiger partial charge >= 0.3 is 0 Å². The van der Waals surface area contributed by atoms with Gasteiger partial charge in [0, 0.05) is 12.0 Å². The molecule has 1 aromatic rings. The van der Waals surface area contributed by atoms with Gasteiger partial charge in [0.2, 0.25) is 0 Å². The maximum absolute atomic E-state index is 13.0. The summed E-state index contributed by atoms with van der Waals surface area (Å²) in [5.41, 5.74) is 1.64. The van der Waals surface area contributed by atoms with Crippen LogP contribution in [0.5, 0.6) is 0 Å². The molecule has 1 amide bonds. The molecule has 0 saturated heterocycles. The molecule has 26 heavy (non-hydrogen) atoms. The minimum absolute atomic E-state index is 0.180. The van der Waals surface area contributed by atoms with Crippen LogP contribution in [0.1, 0.15) is 77.5 Å². The molecule has 4 heteroatoms. The highest BCUT2D eigenvalue weighted by Crippen LogP contribution is 2.41. The summed E-state index contributed by atoms with van der Waals surface area (Å²) in [6, 6.07) is 7.51. The van der Waals surface area contributed by atoms with E-state index in [1.807, 2.05) is 45.0 Å². The molecule has 0 spiro atoms. The average molecular weight is 357 g/mol. The Labute approximate surface area is 156 Å². The van der Waals surface area contributed by atoms with Crippen LogP contribution in [-0.4, -0.2) is 28.2 Å². The largest absolute Gasteiger partial charge is 0.503 e. The maximum Gasteiger partial charge on any atom is 0.290 e. The Morgan fingerprint density at radius 1 is 1.19 bits per heavy atom. The number of aliphatic hydroxyl groups is 1. The van der Waals surface area contributed by atoms with E-state index < -0.39 is 17.4 Å². The molecule has 1 N–H and O–H groups in total. The van der Waals surface area contributed by atoms with Gasteiger partial charge in [0.1, 0.15) is 0 Å². The SMILES string of the molecule is CCCCN1C(=O)C(O)=C(C(=O)C(C)(C)C)C1c1ccc(C(C)C)cc1. The monoisotopic (exact) mass is 357 g/mol. The molecule has 0 saturated carbocycles. The molecule has 0 aliphatic carbocycles. The van der Waals surface area contributed by atoms with Crippen LogP contribution in [0.3, 0.4) is 0 Å². The number of hydrogen-bond acceptors (Lipinski definition) is 3. The number of unbranched alkanes of at least 4 members (excludes halogenated alkanes) is 1. The van der Waals surface area contributed by atoms with Crippen molar-refractivity contribution in [2.24, 2.45) is 5.41 Å². The predicted octanol–water partition coefficient (Wildman–Crippen LogP) is 4.92. The molecule has 1 aliphatic rings. The summed E-state index contributed by atoms with van der Waals surface area (Å²) in [7, 11) is 0. The van der Waals surface area contributed by atoms with Crippen molar-refractivity contribution < 1.29 is 14.7 Å². The first kappa shape index (κ1) is 20.2. The fourth-order valence-electron chi connectivity index (χ4n) is 3.26. The lowest BCUT2D eigenvalue weighted by molar-refractivity contribution is -0.129. The summed E-state index contributed by atoms with van der Waals surface area (Å²) in [5, 5.41) is 10.5. The third-order valence-electron chi connectivity index (χ3n) is 4.90. The summed E-state index contributed by atoms with van der Waals surface area (Å²) < 4.78 is 0. The van der Waals surface area contributed by atoms with E-state index in [4.69, 9.17) is 0 Å². The van der Waals surface area contributed by atoms with Crippen molar-refractivity contribution in [2.75, 3.05) is 6.54 Å². The first-order valence-corrected chi connectivity index (χ1v) is 9.48. The van der Waals surface area contributed by atoms with Crippen molar-refractivity contribution in [3.63, 3.8) is 0 Å². The van der Waals surface area contributed by atoms with Gasteiger partial charge in [0.25, 0.3) is 5.91 Å². The van der Waals surface area contributed by atoms with E-state index in [0.29, 0.717) is 12.5 Å². The first-order valence-electron chi connectivity index (χ1n) is 9.48. The van der Waals surface area contributed by atoms with Crippen molar-refractivity contribution >= 4 is 11.7 Å². The minimum Gasteiger partial charge on any atom is -0.503 e. The van der Waals surface area contributed by atoms with E-state index in [9.17, 15) is 14.7 Å². The number of Topliss-reactive ketones (excluding diaryl/α,β-unsaturated/α-hetero) is 1. The molecular weight excluding hydrogens is 326 g/mol. The lowest BCUT2D eigenvalue weighted by atomic mass is 9.82. The molecule has 1 aliphatic heterocycles. The zero-order valence-electron chi connectivity index (χ0n) is 16.8. The first-order chi connectivity index (χ1) is 12.1. The van der Waals surface area contributed by atoms with E-state index in [1.54, 1.807) is 4.90 Å². The number of nitrogens with zero attached hydrogens (tertiary/aromatic N) is 1. The molecule has 1 atom stereocenters. The number of ketones is 1. The molecular formula is C22H31NO3. The Bertz CT molecular complexity index is 708. The highest BCUT2D eigenvalue weighted by atomic mass is 16.3. The van der Waals surface area contributed by atoms with Crippen LogP contribution in [0, 0.1) is 5.41 Å². The summed E-state index contributed by atoms with van der Waals surface area (Å²) in [4.78, 5) is 27.3. The molecule has 0 aromatic heterocycles. The number of rotatable bonds is 6. The maximum atomic E-state index is 13.0. The van der Waals surface area contributed by atoms with Crippen LogP contribution >= 0.6 is 0 Å². The molecule has 1 unspecified atom stereocenters. The predicted molar refractivity (Wildman–Crippen MR) is 104 cm³/mol. The van der Waals surface area contributed by atoms with Gasteiger partial charge in [-0.2, -0.15) is 0 Å². The lowest BCUT2D eigenvalue weighted by Gasteiger charge is -2.29. The fourth-order valence-corrected chi connectivity index (χ4v) is 3.26. The Morgan fingerprint density at radius 3 is 2.23 bits per heavy atom. The normalized spacial score (nSPS) is 18.2. The molecule has 0 fully saturated rings. The van der Waals surface area contributed by atoms with Gasteiger partial charge < -0.3 is 10.0 Å². The second kappa shape index (κ2) is 7.65. The van der Waals surface area contributed by atoms with Gasteiger partial charge in [-0.3, -0.25) is 9.59 Å². The van der Waals surface area contributed by atoms with Crippen molar-refractivity contribution in [3.8, 4) is 0 Å². The van der Waals surface area contributed by atoms with Gasteiger partial charge in [-0.1, -0.05) is 72.2 Å². The smallest absolute Gasteiger partial charge is 0.290 e. The molecule has 142 valence electrons. The van der Waals surface area contributed by atoms with Crippen LogP contribution in [0.4, 0.5) is 0 Å². The van der Waals surface area contributed by atoms with Crippen molar-refractivity contribution in [2.45, 2.75) is 66.3 Å². The molecule has 2 rings (SSSR count). The van der Waals surface area contributed by atoms with Crippen LogP contribution < -0.4 is 0 Å². The van der Waals surface area contributed by atoms with Gasteiger partial charge in [0.05, 0.1) is 11.6 Å². The molecule has 1 aromatic carbocycles. The van der Waals surface area contributed by atoms with Crippen LogP contribution in [-0.2, 0) is 9.59 Å². The molecule has 1 heterocycles. The second-order valence-corrected chi connectivity index (χ2v) is 8.42. The highest BCUT2D eigenvalue weighted by Gasteiger charge is 2.45. The third-order valence-corrected chi connectivity index (χ3v) is 4.90. The van der Waals surface area contributed by atoms with Gasteiger partial charge in [-0.05, 0) is 23.5 Å². The van der Waals surface area contributed by atoms with Gasteiger partial charge in [0.15, 0.2) is 11.5 Å². The van der Waals surface area contributed by atoms with E-state index in [1.165, 1.54) is 5.56 Å². The number of hydrogen-bond donors (Lipinski definition) is 1. The standard InChI is InChI=1S/C22H31NO3/c1-7-8-13-23-18(16-11-9-15(10-12-16)14(2)3)17(19(24)21(23)26)20(25)22(4,5)6/h9-12,14,18,24H,7-8,13H2,1-6H3. The third kappa shape index (κ3) is 3.84. The van der Waals surface area contributed by atoms with Gasteiger partial charge in [-0.25, -0.2) is 0 Å². The number of carbonyl (C=O) groups is 2. The van der Waals surface area contributed by atoms with E-state index in [0.717, 1.165) is 18.4 Å². The van der Waals surface area contributed by atoms with Crippen molar-refractivity contribution in [1.82, 2.24) is 4.90 Å². The quantitative estimate of drug-likeness (QED) is 0.786. The zero-order chi connectivity index (χ0) is 19.6. The van der Waals surface area contributed by atoms with Crippen LogP contribution in [0.15, 0.2) is 35.6 Å².